The Labute approximate surface area is 153 Å². The molecule has 0 amide bonds. The first-order valence-corrected chi connectivity index (χ1v) is 7.96. The number of ether oxygens (including phenoxy) is 1. The van der Waals surface area contributed by atoms with E-state index in [-0.39, 0.29) is 0 Å². The van der Waals surface area contributed by atoms with E-state index in [2.05, 4.69) is 50.9 Å². The van der Waals surface area contributed by atoms with Crippen molar-refractivity contribution < 1.29 is 40.4 Å². The van der Waals surface area contributed by atoms with Gasteiger partial charge in [0.1, 0.15) is 22.8 Å². The Morgan fingerprint density at radius 2 is 1.00 bits per heavy atom. The molecule has 0 unspecified atom stereocenters. The number of hydrogen-bond donors (Lipinski definition) is 4. The van der Waals surface area contributed by atoms with E-state index >= 15 is 0 Å². The third kappa shape index (κ3) is 18.6. The monoisotopic (exact) mass is 412 g/mol. The van der Waals surface area contributed by atoms with E-state index in [4.69, 9.17) is 25.6 Å². The Kier molecular flexibility index (Phi) is 24.7. The van der Waals surface area contributed by atoms with E-state index in [1.807, 2.05) is 0 Å². The van der Waals surface area contributed by atoms with Crippen molar-refractivity contribution in [1.29, 1.82) is 0 Å². The van der Waals surface area contributed by atoms with Gasteiger partial charge in [-0.05, 0) is 27.7 Å². The first-order valence-electron chi connectivity index (χ1n) is 6.53. The molecule has 0 aromatic carbocycles. The number of rotatable bonds is 2. The van der Waals surface area contributed by atoms with Crippen LogP contribution in [0.1, 0.15) is 27.7 Å². The van der Waals surface area contributed by atoms with Crippen LogP contribution in [0.5, 0.6) is 0 Å². The molecule has 24 heavy (non-hydrogen) atoms. The quantitative estimate of drug-likeness (QED) is 0.311. The second kappa shape index (κ2) is 21.6. The van der Waals surface area contributed by atoms with Gasteiger partial charge in [-0.3, -0.25) is 0 Å². The Balaban J connectivity index is -0.000000263. The normalized spacial score (nSPS) is 15.8. The summed E-state index contributed by atoms with van der Waals surface area (Å²) in [7, 11) is 4.33. The molecule has 0 aromatic rings. The van der Waals surface area contributed by atoms with Gasteiger partial charge in [-0.15, -0.1) is 13.1 Å². The summed E-state index contributed by atoms with van der Waals surface area (Å²) in [6, 6.07) is 0. The number of morpholine rings is 1. The van der Waals surface area contributed by atoms with Gasteiger partial charge in [0.25, 0.3) is 0 Å². The predicted molar refractivity (Wildman–Crippen MR) is 89.3 cm³/mol. The van der Waals surface area contributed by atoms with E-state index in [0.29, 0.717) is 22.8 Å². The minimum atomic E-state index is 0.313. The standard InChI is InChI=1S/2C4H8N2O2.C4H8NO.ClH.Co/c2*1-3(5-7)4(2)6-8;1-3-6-4-2-5-1;;/h2*7-8H,1-2H3;1-4H2;1H;/q;;-1;;+2/p-1. The second-order valence-electron chi connectivity index (χ2n) is 4.02. The Bertz CT molecular complexity index is 339. The fourth-order valence-corrected chi connectivity index (χ4v) is 0.762. The van der Waals surface area contributed by atoms with Crippen molar-refractivity contribution in [2.45, 2.75) is 27.7 Å². The summed E-state index contributed by atoms with van der Waals surface area (Å²) in [5.41, 5.74) is 1.25. The molecule has 4 N–H and O–H groups in total. The van der Waals surface area contributed by atoms with E-state index in [9.17, 15) is 0 Å². The molecule has 10 nitrogen and oxygen atoms in total. The van der Waals surface area contributed by atoms with Crippen molar-refractivity contribution in [2.24, 2.45) is 20.6 Å². The van der Waals surface area contributed by atoms with Crippen LogP contribution in [0.3, 0.4) is 0 Å². The predicted octanol–water partition coefficient (Wildman–Crippen LogP) is 2.45. The second-order valence-corrected chi connectivity index (χ2v) is 4.02. The summed E-state index contributed by atoms with van der Waals surface area (Å²) < 4.78 is 4.98. The van der Waals surface area contributed by atoms with E-state index in [1.165, 1.54) is 27.7 Å². The summed E-state index contributed by atoms with van der Waals surface area (Å²) in [5, 5.41) is 47.3. The first kappa shape index (κ1) is 27.4. The van der Waals surface area contributed by atoms with E-state index in [0.717, 1.165) is 26.3 Å². The Morgan fingerprint density at radius 3 is 1.08 bits per heavy atom. The molecule has 0 saturated carbocycles. The molecule has 0 aromatic heterocycles. The summed E-state index contributed by atoms with van der Waals surface area (Å²) in [4.78, 5) is 0. The third-order valence-corrected chi connectivity index (χ3v) is 2.43. The zero-order valence-electron chi connectivity index (χ0n) is 14.0. The summed E-state index contributed by atoms with van der Waals surface area (Å²) in [5.74, 6) is 0. The summed E-state index contributed by atoms with van der Waals surface area (Å²) in [6.45, 7) is 9.62. The minimum absolute atomic E-state index is 0.313. The molecular formula is C12H24ClCoN5O5. The fraction of sp³-hybridized carbons (Fsp3) is 0.667. The van der Waals surface area contributed by atoms with Crippen LogP contribution in [-0.2, 0) is 19.6 Å². The van der Waals surface area contributed by atoms with Gasteiger partial charge in [-0.2, -0.15) is 0 Å². The Hall–Kier alpha value is -1.40. The molecule has 12 heteroatoms. The molecule has 1 rings (SSSR count). The van der Waals surface area contributed by atoms with Crippen molar-refractivity contribution in [3.63, 3.8) is 0 Å². The van der Waals surface area contributed by atoms with Crippen LogP contribution in [-0.4, -0.2) is 70.0 Å². The van der Waals surface area contributed by atoms with Crippen LogP contribution in [0.25, 0.3) is 5.32 Å². The van der Waals surface area contributed by atoms with Crippen molar-refractivity contribution in [2.75, 3.05) is 26.3 Å². The van der Waals surface area contributed by atoms with Gasteiger partial charge >= 0.3 is 25.0 Å². The van der Waals surface area contributed by atoms with Gasteiger partial charge in [0.2, 0.25) is 0 Å². The maximum absolute atomic E-state index is 8.03. The number of nitrogens with zero attached hydrogens (tertiary/aromatic N) is 5. The maximum atomic E-state index is 8.03. The van der Waals surface area contributed by atoms with Gasteiger partial charge in [0.05, 0.1) is 0 Å². The number of hydrogen-bond acceptors (Lipinski definition) is 9. The van der Waals surface area contributed by atoms with Crippen molar-refractivity contribution >= 4 is 33.0 Å². The fourth-order valence-electron chi connectivity index (χ4n) is 0.762. The molecule has 143 valence electrons. The van der Waals surface area contributed by atoms with Gasteiger partial charge in [0.15, 0.2) is 0 Å². The van der Waals surface area contributed by atoms with E-state index in [1.54, 1.807) is 0 Å². The molecule has 0 bridgehead atoms. The molecule has 1 aliphatic rings. The van der Waals surface area contributed by atoms with E-state index < -0.39 is 0 Å². The average Bonchev–Trinajstić information content (AvgIpc) is 2.69. The van der Waals surface area contributed by atoms with Crippen LogP contribution in [0, 0.1) is 0 Å². The summed E-state index contributed by atoms with van der Waals surface area (Å²) in [6.07, 6.45) is 0. The van der Waals surface area contributed by atoms with Gasteiger partial charge in [-0.1, -0.05) is 20.6 Å². The van der Waals surface area contributed by atoms with Crippen LogP contribution in [0.4, 0.5) is 0 Å². The van der Waals surface area contributed by atoms with Crippen molar-refractivity contribution in [3.8, 4) is 0 Å². The molecule has 0 spiro atoms. The zero-order valence-corrected chi connectivity index (χ0v) is 15.8. The third-order valence-electron chi connectivity index (χ3n) is 2.43. The average molecular weight is 413 g/mol. The molecule has 0 atom stereocenters. The molecule has 1 heterocycles. The molecule has 0 radical (unpaired) electrons. The van der Waals surface area contributed by atoms with Gasteiger partial charge < -0.3 is 30.9 Å². The molecule has 0 aliphatic carbocycles. The number of halogens is 1. The summed E-state index contributed by atoms with van der Waals surface area (Å²) >= 11 is 3.03. The van der Waals surface area contributed by atoms with Crippen molar-refractivity contribution in [1.82, 2.24) is 0 Å². The molecule has 1 aliphatic heterocycles. The van der Waals surface area contributed by atoms with Crippen LogP contribution >= 0.6 is 10.1 Å². The number of oxime groups is 4. The first-order chi connectivity index (χ1) is 11.4. The van der Waals surface area contributed by atoms with Gasteiger partial charge in [-0.25, -0.2) is 0 Å². The Morgan fingerprint density at radius 1 is 0.750 bits per heavy atom. The van der Waals surface area contributed by atoms with Crippen LogP contribution in [0.15, 0.2) is 20.6 Å². The SMILES string of the molecule is C1COCC[N-]1.CC(=NO)C(C)=NO.CC(=NO)C(C)=NO.[Cl][Co+]. The molecule has 1 saturated heterocycles. The van der Waals surface area contributed by atoms with Crippen LogP contribution in [0.2, 0.25) is 0 Å². The molecule has 1 fully saturated rings. The van der Waals surface area contributed by atoms with Gasteiger partial charge in [0, 0.05) is 13.2 Å². The zero-order chi connectivity index (χ0) is 19.4. The van der Waals surface area contributed by atoms with Crippen LogP contribution < -0.4 is 0 Å². The molecular weight excluding hydrogens is 389 g/mol. The van der Waals surface area contributed by atoms with Crippen molar-refractivity contribution in [3.05, 3.63) is 5.32 Å². The topological polar surface area (TPSA) is 154 Å².